The molecule has 0 atom stereocenters. The largest absolute Gasteiger partial charge is 0.263 e. The number of hydrogen-bond donors (Lipinski definition) is 1. The molecule has 0 amide bonds. The van der Waals surface area contributed by atoms with E-state index in [0.29, 0.717) is 10.6 Å². The third-order valence-electron chi connectivity index (χ3n) is 1.89. The first-order chi connectivity index (χ1) is 7.77. The van der Waals surface area contributed by atoms with Gasteiger partial charge < -0.3 is 0 Å². The molecule has 1 N–H and O–H groups in total. The quantitative estimate of drug-likeness (QED) is 0.681. The van der Waals surface area contributed by atoms with E-state index in [1.54, 1.807) is 7.05 Å². The number of rotatable bonds is 3. The third-order valence-corrected chi connectivity index (χ3v) is 2.52. The molecule has 0 spiro atoms. The van der Waals surface area contributed by atoms with Crippen molar-refractivity contribution in [3.63, 3.8) is 0 Å². The van der Waals surface area contributed by atoms with Crippen molar-refractivity contribution in [1.29, 1.82) is 0 Å². The third kappa shape index (κ3) is 2.43. The average Bonchev–Trinajstić information content (AvgIpc) is 2.73. The Morgan fingerprint density at radius 3 is 2.75 bits per heavy atom. The predicted octanol–water partition coefficient (Wildman–Crippen LogP) is 1.38. The van der Waals surface area contributed by atoms with E-state index in [1.807, 2.05) is 30.3 Å². The number of tetrazole rings is 1. The molecular weight excluding hydrogens is 272 g/mol. The highest BCUT2D eigenvalue weighted by molar-refractivity contribution is 9.18. The summed E-state index contributed by atoms with van der Waals surface area (Å²) >= 11 is 3.37. The maximum atomic E-state index is 4.12. The van der Waals surface area contributed by atoms with E-state index in [-0.39, 0.29) is 0 Å². The van der Waals surface area contributed by atoms with Gasteiger partial charge in [-0.05, 0) is 26.4 Å². The minimum absolute atomic E-state index is 0.480. The van der Waals surface area contributed by atoms with Crippen molar-refractivity contribution in [3.8, 4) is 0 Å². The van der Waals surface area contributed by atoms with Crippen LogP contribution in [-0.4, -0.2) is 24.8 Å². The molecule has 0 aliphatic carbocycles. The topological polar surface area (TPSA) is 68.0 Å². The fourth-order valence-corrected chi connectivity index (χ4v) is 1.42. The molecule has 7 heteroatoms. The molecular formula is C9H9BrN6. The molecule has 0 saturated heterocycles. The second-order valence-corrected chi connectivity index (χ2v) is 3.76. The van der Waals surface area contributed by atoms with Crippen LogP contribution in [0.4, 0.5) is 5.95 Å². The van der Waals surface area contributed by atoms with Crippen LogP contribution in [-0.2, 0) is 7.05 Å². The number of aryl methyl sites for hydroxylation is 1. The summed E-state index contributed by atoms with van der Waals surface area (Å²) in [5.41, 5.74) is 3.74. The number of nitrogens with zero attached hydrogens (tertiary/aromatic N) is 5. The zero-order valence-electron chi connectivity index (χ0n) is 8.50. The Kier molecular flexibility index (Phi) is 3.25. The van der Waals surface area contributed by atoms with E-state index < -0.39 is 0 Å². The minimum atomic E-state index is 0.480. The first-order valence-corrected chi connectivity index (χ1v) is 5.33. The highest BCUT2D eigenvalue weighted by atomic mass is 79.9. The molecule has 16 heavy (non-hydrogen) atoms. The van der Waals surface area contributed by atoms with Gasteiger partial charge in [0.1, 0.15) is 4.62 Å². The Bertz CT molecular complexity index is 492. The van der Waals surface area contributed by atoms with Crippen molar-refractivity contribution in [2.75, 3.05) is 5.43 Å². The summed E-state index contributed by atoms with van der Waals surface area (Å²) < 4.78 is 2.19. The number of nitrogens with one attached hydrogen (secondary N) is 1. The van der Waals surface area contributed by atoms with E-state index >= 15 is 0 Å². The maximum Gasteiger partial charge on any atom is 0.263 e. The van der Waals surface area contributed by atoms with Crippen molar-refractivity contribution >= 4 is 26.5 Å². The first kappa shape index (κ1) is 10.7. The molecule has 0 radical (unpaired) electrons. The fraction of sp³-hybridized carbons (Fsp3) is 0.111. The van der Waals surface area contributed by atoms with Gasteiger partial charge in [0.2, 0.25) is 0 Å². The molecule has 82 valence electrons. The number of anilines is 1. The summed E-state index contributed by atoms with van der Waals surface area (Å²) in [6, 6.07) is 9.73. The Hall–Kier alpha value is -1.76. The van der Waals surface area contributed by atoms with Crippen molar-refractivity contribution in [2.45, 2.75) is 0 Å². The summed E-state index contributed by atoms with van der Waals surface area (Å²) in [5.74, 6) is 0.480. The van der Waals surface area contributed by atoms with Crippen LogP contribution in [0.15, 0.2) is 35.4 Å². The molecule has 1 aromatic carbocycles. The molecule has 1 aromatic heterocycles. The highest BCUT2D eigenvalue weighted by Gasteiger charge is 2.01. The molecule has 6 nitrogen and oxygen atoms in total. The van der Waals surface area contributed by atoms with Crippen LogP contribution >= 0.6 is 15.9 Å². The van der Waals surface area contributed by atoms with Crippen molar-refractivity contribution in [2.24, 2.45) is 12.1 Å². The van der Waals surface area contributed by atoms with Crippen LogP contribution in [0, 0.1) is 0 Å². The standard InChI is InChI=1S/C9H9BrN6/c1-16-9(13-14-15-16)12-11-8(10)7-5-3-2-4-6-7/h2-6H,1H3,(H,12,13,15)/b11-8+. The summed E-state index contributed by atoms with van der Waals surface area (Å²) in [6.07, 6.45) is 0. The number of hydrogen-bond acceptors (Lipinski definition) is 5. The number of halogens is 1. The van der Waals surface area contributed by atoms with Gasteiger partial charge >= 0.3 is 0 Å². The van der Waals surface area contributed by atoms with Gasteiger partial charge in [-0.2, -0.15) is 5.10 Å². The van der Waals surface area contributed by atoms with Gasteiger partial charge in [-0.15, -0.1) is 0 Å². The lowest BCUT2D eigenvalue weighted by Gasteiger charge is -1.99. The van der Waals surface area contributed by atoms with E-state index in [2.05, 4.69) is 42.0 Å². The number of benzene rings is 1. The van der Waals surface area contributed by atoms with E-state index in [0.717, 1.165) is 5.56 Å². The lowest BCUT2D eigenvalue weighted by molar-refractivity contribution is 0.713. The lowest BCUT2D eigenvalue weighted by atomic mass is 10.2. The van der Waals surface area contributed by atoms with Crippen LogP contribution < -0.4 is 5.43 Å². The van der Waals surface area contributed by atoms with Gasteiger partial charge in [0.05, 0.1) is 0 Å². The van der Waals surface area contributed by atoms with Gasteiger partial charge in [0.25, 0.3) is 5.95 Å². The molecule has 0 aliphatic rings. The minimum Gasteiger partial charge on any atom is -0.243 e. The predicted molar refractivity (Wildman–Crippen MR) is 64.3 cm³/mol. The van der Waals surface area contributed by atoms with E-state index in [4.69, 9.17) is 0 Å². The molecule has 0 saturated carbocycles. The zero-order chi connectivity index (χ0) is 11.4. The fourth-order valence-electron chi connectivity index (χ4n) is 1.06. The van der Waals surface area contributed by atoms with Gasteiger partial charge in [0.15, 0.2) is 0 Å². The van der Waals surface area contributed by atoms with Crippen LogP contribution in [0.1, 0.15) is 5.56 Å². The molecule has 0 bridgehead atoms. The van der Waals surface area contributed by atoms with Crippen molar-refractivity contribution in [3.05, 3.63) is 35.9 Å². The average molecular weight is 281 g/mol. The molecule has 0 fully saturated rings. The molecule has 1 heterocycles. The first-order valence-electron chi connectivity index (χ1n) is 4.54. The summed E-state index contributed by atoms with van der Waals surface area (Å²) in [7, 11) is 1.73. The lowest BCUT2D eigenvalue weighted by Crippen LogP contribution is -2.02. The van der Waals surface area contributed by atoms with E-state index in [1.165, 1.54) is 4.68 Å². The highest BCUT2D eigenvalue weighted by Crippen LogP contribution is 2.07. The van der Waals surface area contributed by atoms with Crippen LogP contribution in [0.25, 0.3) is 0 Å². The summed E-state index contributed by atoms with van der Waals surface area (Å²) in [4.78, 5) is 0. The van der Waals surface area contributed by atoms with Crippen molar-refractivity contribution < 1.29 is 0 Å². The molecule has 0 unspecified atom stereocenters. The Labute approximate surface area is 100 Å². The van der Waals surface area contributed by atoms with Gasteiger partial charge in [-0.25, -0.2) is 10.1 Å². The van der Waals surface area contributed by atoms with Crippen LogP contribution in [0.5, 0.6) is 0 Å². The zero-order valence-corrected chi connectivity index (χ0v) is 10.1. The Morgan fingerprint density at radius 2 is 2.12 bits per heavy atom. The van der Waals surface area contributed by atoms with Crippen LogP contribution in [0.3, 0.4) is 0 Å². The summed E-state index contributed by atoms with van der Waals surface area (Å²) in [5, 5.41) is 15.0. The smallest absolute Gasteiger partial charge is 0.243 e. The molecule has 2 aromatic rings. The number of hydrazone groups is 1. The maximum absolute atomic E-state index is 4.12. The second kappa shape index (κ2) is 4.84. The Balaban J connectivity index is 2.12. The molecule has 0 aliphatic heterocycles. The van der Waals surface area contributed by atoms with E-state index in [9.17, 15) is 0 Å². The second-order valence-electron chi connectivity index (χ2n) is 3.01. The van der Waals surface area contributed by atoms with Gasteiger partial charge in [-0.1, -0.05) is 35.4 Å². The van der Waals surface area contributed by atoms with Gasteiger partial charge in [0, 0.05) is 12.6 Å². The Morgan fingerprint density at radius 1 is 1.38 bits per heavy atom. The normalized spacial score (nSPS) is 11.5. The summed E-state index contributed by atoms with van der Waals surface area (Å²) in [6.45, 7) is 0. The van der Waals surface area contributed by atoms with Crippen LogP contribution in [0.2, 0.25) is 0 Å². The van der Waals surface area contributed by atoms with Gasteiger partial charge in [-0.3, -0.25) is 0 Å². The monoisotopic (exact) mass is 280 g/mol. The SMILES string of the molecule is Cn1nnnc1N/N=C(/Br)c1ccccc1. The van der Waals surface area contributed by atoms with Crippen molar-refractivity contribution in [1.82, 2.24) is 20.2 Å². The molecule has 2 rings (SSSR count). The number of aromatic nitrogens is 4.